The molecule has 0 bridgehead atoms. The summed E-state index contributed by atoms with van der Waals surface area (Å²) in [5, 5.41) is 8.84. The summed E-state index contributed by atoms with van der Waals surface area (Å²) in [5.74, 6) is 2.86. The Labute approximate surface area is 186 Å². The number of hydrogen-bond acceptors (Lipinski definition) is 6. The summed E-state index contributed by atoms with van der Waals surface area (Å²) in [7, 11) is 1.49. The highest BCUT2D eigenvalue weighted by Gasteiger charge is 2.35. The number of benzene rings is 2. The van der Waals surface area contributed by atoms with E-state index in [1.54, 1.807) is 42.5 Å². The normalized spacial score (nSPS) is 14.5. The van der Waals surface area contributed by atoms with Gasteiger partial charge in [0, 0.05) is 0 Å². The van der Waals surface area contributed by atoms with E-state index >= 15 is 0 Å². The van der Waals surface area contributed by atoms with Crippen molar-refractivity contribution < 1.29 is 19.1 Å². The number of thioether (sulfide) groups is 1. The molecule has 0 radical (unpaired) electrons. The second kappa shape index (κ2) is 9.53. The van der Waals surface area contributed by atoms with E-state index in [2.05, 4.69) is 27.9 Å². The summed E-state index contributed by atoms with van der Waals surface area (Å²) in [6.45, 7) is 0.120. The van der Waals surface area contributed by atoms with Gasteiger partial charge in [0.15, 0.2) is 11.5 Å². The number of rotatable bonds is 6. The lowest BCUT2D eigenvalue weighted by Gasteiger charge is -2.13. The minimum atomic E-state index is -0.416. The molecule has 0 N–H and O–H groups in total. The molecule has 30 heavy (non-hydrogen) atoms. The molecule has 0 aliphatic carbocycles. The van der Waals surface area contributed by atoms with Gasteiger partial charge in [-0.1, -0.05) is 24.1 Å². The second-order valence-corrected chi connectivity index (χ2v) is 7.91. The summed E-state index contributed by atoms with van der Waals surface area (Å²) >= 11 is 4.26. The Morgan fingerprint density at radius 3 is 2.77 bits per heavy atom. The van der Waals surface area contributed by atoms with Crippen LogP contribution in [0.1, 0.15) is 16.7 Å². The van der Waals surface area contributed by atoms with E-state index in [4.69, 9.17) is 15.9 Å². The van der Waals surface area contributed by atoms with Gasteiger partial charge >= 0.3 is 0 Å². The summed E-state index contributed by atoms with van der Waals surface area (Å²) in [4.78, 5) is 26.6. The van der Waals surface area contributed by atoms with Gasteiger partial charge < -0.3 is 9.47 Å². The van der Waals surface area contributed by atoms with Gasteiger partial charge in [-0.2, -0.15) is 5.26 Å². The van der Waals surface area contributed by atoms with Crippen molar-refractivity contribution in [1.29, 1.82) is 5.26 Å². The molecule has 0 unspecified atom stereocenters. The van der Waals surface area contributed by atoms with Gasteiger partial charge in [-0.3, -0.25) is 14.5 Å². The number of ether oxygens (including phenoxy) is 2. The van der Waals surface area contributed by atoms with E-state index in [0.29, 0.717) is 32.7 Å². The van der Waals surface area contributed by atoms with Crippen molar-refractivity contribution in [2.45, 2.75) is 6.54 Å². The van der Waals surface area contributed by atoms with Gasteiger partial charge in [0.2, 0.25) is 0 Å². The van der Waals surface area contributed by atoms with Crippen LogP contribution in [0.4, 0.5) is 4.79 Å². The summed E-state index contributed by atoms with van der Waals surface area (Å²) in [5.41, 5.74) is 1.69. The van der Waals surface area contributed by atoms with Crippen LogP contribution in [0.3, 0.4) is 0 Å². The predicted molar refractivity (Wildman–Crippen MR) is 118 cm³/mol. The SMILES string of the molecule is C#CCOc1c(Br)cc(/C=C2\SC(=O)N(Cc3ccccc3C#N)C2=O)cc1OC. The Bertz CT molecular complexity index is 1130. The fraction of sp³-hybridized carbons (Fsp3) is 0.136. The number of nitriles is 1. The Morgan fingerprint density at radius 2 is 2.07 bits per heavy atom. The molecule has 0 atom stereocenters. The number of carbonyl (C=O) groups is 2. The van der Waals surface area contributed by atoms with Crippen molar-refractivity contribution in [2.75, 3.05) is 13.7 Å². The lowest BCUT2D eigenvalue weighted by Crippen LogP contribution is -2.27. The number of hydrogen-bond donors (Lipinski definition) is 0. The highest BCUT2D eigenvalue weighted by Crippen LogP contribution is 2.39. The molecule has 1 saturated heterocycles. The third kappa shape index (κ3) is 4.51. The van der Waals surface area contributed by atoms with E-state index in [0.717, 1.165) is 16.7 Å². The van der Waals surface area contributed by atoms with E-state index in [9.17, 15) is 14.9 Å². The average Bonchev–Trinajstić information content (AvgIpc) is 3.00. The molecule has 6 nitrogen and oxygen atoms in total. The van der Waals surface area contributed by atoms with Crippen LogP contribution in [0.25, 0.3) is 6.08 Å². The topological polar surface area (TPSA) is 79.6 Å². The maximum Gasteiger partial charge on any atom is 0.293 e. The lowest BCUT2D eigenvalue weighted by molar-refractivity contribution is -0.123. The monoisotopic (exact) mass is 482 g/mol. The second-order valence-electron chi connectivity index (χ2n) is 6.06. The first-order valence-electron chi connectivity index (χ1n) is 8.65. The third-order valence-electron chi connectivity index (χ3n) is 4.19. The van der Waals surface area contributed by atoms with Gasteiger partial charge in [-0.15, -0.1) is 6.42 Å². The first kappa shape index (κ1) is 21.5. The molecule has 0 spiro atoms. The Balaban J connectivity index is 1.88. The molecule has 2 aromatic carbocycles. The van der Waals surface area contributed by atoms with Gasteiger partial charge in [0.05, 0.1) is 34.7 Å². The van der Waals surface area contributed by atoms with Gasteiger partial charge in [-0.05, 0) is 63.1 Å². The van der Waals surface area contributed by atoms with E-state index in [1.165, 1.54) is 7.11 Å². The minimum absolute atomic E-state index is 0.0393. The Hall–Kier alpha value is -3.20. The van der Waals surface area contributed by atoms with E-state index < -0.39 is 5.91 Å². The quantitative estimate of drug-likeness (QED) is 0.442. The maximum absolute atomic E-state index is 12.8. The van der Waals surface area contributed by atoms with Crippen molar-refractivity contribution in [3.05, 3.63) is 62.5 Å². The number of terminal acetylenes is 1. The van der Waals surface area contributed by atoms with Crippen molar-refractivity contribution in [3.8, 4) is 29.9 Å². The number of halogens is 1. The molecule has 1 aliphatic rings. The molecule has 8 heteroatoms. The highest BCUT2D eigenvalue weighted by atomic mass is 79.9. The number of methoxy groups -OCH3 is 1. The predicted octanol–water partition coefficient (Wildman–Crippen LogP) is 4.58. The van der Waals surface area contributed by atoms with Crippen LogP contribution >= 0.6 is 27.7 Å². The highest BCUT2D eigenvalue weighted by molar-refractivity contribution is 9.10. The molecule has 0 saturated carbocycles. The van der Waals surface area contributed by atoms with Crippen molar-refractivity contribution >= 4 is 44.9 Å². The lowest BCUT2D eigenvalue weighted by atomic mass is 10.1. The Morgan fingerprint density at radius 1 is 1.30 bits per heavy atom. The van der Waals surface area contributed by atoms with Crippen LogP contribution in [0.15, 0.2) is 45.8 Å². The van der Waals surface area contributed by atoms with Crippen LogP contribution < -0.4 is 9.47 Å². The van der Waals surface area contributed by atoms with Crippen LogP contribution in [-0.4, -0.2) is 29.8 Å². The fourth-order valence-electron chi connectivity index (χ4n) is 2.80. The van der Waals surface area contributed by atoms with Crippen molar-refractivity contribution in [2.24, 2.45) is 0 Å². The number of carbonyl (C=O) groups excluding carboxylic acids is 2. The van der Waals surface area contributed by atoms with Crippen LogP contribution in [0.2, 0.25) is 0 Å². The van der Waals surface area contributed by atoms with Gasteiger partial charge in [-0.25, -0.2) is 0 Å². The van der Waals surface area contributed by atoms with Crippen molar-refractivity contribution in [3.63, 3.8) is 0 Å². The first-order valence-corrected chi connectivity index (χ1v) is 10.3. The maximum atomic E-state index is 12.8. The smallest absolute Gasteiger partial charge is 0.293 e. The van der Waals surface area contributed by atoms with E-state index in [1.807, 2.05) is 0 Å². The molecule has 2 amide bonds. The standard InChI is InChI=1S/C22H15BrN2O4S/c1-3-8-29-20-17(23)9-14(10-18(20)28-2)11-19-21(26)25(22(27)30-19)13-16-7-5-4-6-15(16)12-24/h1,4-7,9-11H,8,13H2,2H3/b19-11-. The van der Waals surface area contributed by atoms with Crippen LogP contribution in [-0.2, 0) is 11.3 Å². The number of nitrogens with zero attached hydrogens (tertiary/aromatic N) is 2. The molecule has 1 aliphatic heterocycles. The zero-order chi connectivity index (χ0) is 21.7. The molecular formula is C22H15BrN2O4S. The van der Waals surface area contributed by atoms with Crippen LogP contribution in [0, 0.1) is 23.7 Å². The summed E-state index contributed by atoms with van der Waals surface area (Å²) in [6.07, 6.45) is 6.85. The number of imide groups is 1. The zero-order valence-electron chi connectivity index (χ0n) is 15.8. The van der Waals surface area contributed by atoms with Crippen molar-refractivity contribution in [1.82, 2.24) is 4.90 Å². The molecule has 150 valence electrons. The molecule has 3 rings (SSSR count). The van der Waals surface area contributed by atoms with E-state index in [-0.39, 0.29) is 23.3 Å². The summed E-state index contributed by atoms with van der Waals surface area (Å²) in [6, 6.07) is 12.4. The minimum Gasteiger partial charge on any atom is -0.493 e. The summed E-state index contributed by atoms with van der Waals surface area (Å²) < 4.78 is 11.4. The molecule has 2 aromatic rings. The van der Waals surface area contributed by atoms with Gasteiger partial charge in [0.1, 0.15) is 6.61 Å². The zero-order valence-corrected chi connectivity index (χ0v) is 18.2. The number of amides is 2. The van der Waals surface area contributed by atoms with Crippen LogP contribution in [0.5, 0.6) is 11.5 Å². The first-order chi connectivity index (χ1) is 14.5. The fourth-order valence-corrected chi connectivity index (χ4v) is 4.21. The molecular weight excluding hydrogens is 468 g/mol. The Kier molecular flexibility index (Phi) is 6.83. The average molecular weight is 483 g/mol. The van der Waals surface area contributed by atoms with Gasteiger partial charge in [0.25, 0.3) is 11.1 Å². The largest absolute Gasteiger partial charge is 0.493 e. The molecule has 0 aromatic heterocycles. The molecule has 1 heterocycles. The third-order valence-corrected chi connectivity index (χ3v) is 5.69. The molecule has 1 fully saturated rings.